The third kappa shape index (κ3) is 3.03. The molecule has 116 valence electrons. The highest BCUT2D eigenvalue weighted by Gasteiger charge is 2.16. The van der Waals surface area contributed by atoms with Crippen LogP contribution in [0.5, 0.6) is 0 Å². The summed E-state index contributed by atoms with van der Waals surface area (Å²) < 4.78 is 16.0. The Morgan fingerprint density at radius 1 is 1.05 bits per heavy atom. The van der Waals surface area contributed by atoms with E-state index in [1.54, 1.807) is 18.5 Å². The van der Waals surface area contributed by atoms with E-state index in [0.29, 0.717) is 18.2 Å². The first-order valence-corrected chi connectivity index (χ1v) is 7.73. The fourth-order valence-corrected chi connectivity index (χ4v) is 3.13. The van der Waals surface area contributed by atoms with Crippen molar-refractivity contribution in [3.63, 3.8) is 0 Å². The molecule has 5 heteroatoms. The van der Waals surface area contributed by atoms with Crippen LogP contribution in [0, 0.1) is 11.7 Å². The average Bonchev–Trinajstić information content (AvgIpc) is 2.53. The number of halogens is 1. The van der Waals surface area contributed by atoms with Crippen molar-refractivity contribution in [3.8, 4) is 5.69 Å². The molecule has 2 aromatic rings. The lowest BCUT2D eigenvalue weighted by molar-refractivity contribution is 0.315. The molecule has 1 aliphatic carbocycles. The smallest absolute Gasteiger partial charge is 0.309 e. The van der Waals surface area contributed by atoms with Crippen LogP contribution >= 0.6 is 0 Å². The van der Waals surface area contributed by atoms with E-state index in [-0.39, 0.29) is 0 Å². The predicted octanol–water partition coefficient (Wildman–Crippen LogP) is 2.72. The topological polar surface area (TPSA) is 44.0 Å². The van der Waals surface area contributed by atoms with Crippen LogP contribution in [0.3, 0.4) is 0 Å². The summed E-state index contributed by atoms with van der Waals surface area (Å²) in [5.74, 6) is 0.0339. The van der Waals surface area contributed by atoms with Crippen molar-refractivity contribution in [2.45, 2.75) is 38.6 Å². The third-order valence-electron chi connectivity index (χ3n) is 4.32. The molecule has 0 atom stereocenters. The Morgan fingerprint density at radius 3 is 2.55 bits per heavy atom. The zero-order valence-corrected chi connectivity index (χ0v) is 12.4. The molecule has 0 saturated heterocycles. The fourth-order valence-electron chi connectivity index (χ4n) is 3.13. The van der Waals surface area contributed by atoms with E-state index >= 15 is 0 Å². The van der Waals surface area contributed by atoms with E-state index < -0.39 is 16.9 Å². The molecule has 0 spiro atoms. The van der Waals surface area contributed by atoms with Gasteiger partial charge in [-0.15, -0.1) is 0 Å². The lowest BCUT2D eigenvalue weighted by Gasteiger charge is -2.22. The molecule has 1 saturated carbocycles. The van der Waals surface area contributed by atoms with E-state index in [4.69, 9.17) is 0 Å². The molecule has 4 nitrogen and oxygen atoms in total. The molecule has 3 rings (SSSR count). The predicted molar refractivity (Wildman–Crippen MR) is 82.8 cm³/mol. The molecular weight excluding hydrogens is 283 g/mol. The van der Waals surface area contributed by atoms with Gasteiger partial charge < -0.3 is 4.57 Å². The van der Waals surface area contributed by atoms with Gasteiger partial charge in [-0.25, -0.2) is 4.39 Å². The first kappa shape index (κ1) is 14.8. The van der Waals surface area contributed by atoms with Crippen molar-refractivity contribution in [1.82, 2.24) is 9.13 Å². The van der Waals surface area contributed by atoms with Crippen LogP contribution < -0.4 is 11.1 Å². The van der Waals surface area contributed by atoms with Crippen LogP contribution in [0.4, 0.5) is 4.39 Å². The summed E-state index contributed by atoms with van der Waals surface area (Å²) in [6.07, 6.45) is 9.04. The Labute approximate surface area is 127 Å². The first-order valence-electron chi connectivity index (χ1n) is 7.73. The SMILES string of the molecule is O=c1c(=O)n(-c2cccc(F)c2)ccn1CC1CCCCC1. The van der Waals surface area contributed by atoms with E-state index in [1.807, 2.05) is 0 Å². The second kappa shape index (κ2) is 6.30. The molecule has 0 N–H and O–H groups in total. The molecule has 0 bridgehead atoms. The normalized spacial score (nSPS) is 15.9. The number of nitrogens with zero attached hydrogens (tertiary/aromatic N) is 2. The van der Waals surface area contributed by atoms with Crippen molar-refractivity contribution in [3.05, 3.63) is 63.2 Å². The van der Waals surface area contributed by atoms with E-state index in [9.17, 15) is 14.0 Å². The Morgan fingerprint density at radius 2 is 1.82 bits per heavy atom. The minimum Gasteiger partial charge on any atom is -0.309 e. The van der Waals surface area contributed by atoms with Gasteiger partial charge in [-0.05, 0) is 37.0 Å². The molecule has 0 radical (unpaired) electrons. The second-order valence-corrected chi connectivity index (χ2v) is 5.91. The Bertz CT molecular complexity index is 773. The number of rotatable bonds is 3. The maximum absolute atomic E-state index is 13.3. The van der Waals surface area contributed by atoms with Crippen LogP contribution in [-0.4, -0.2) is 9.13 Å². The standard InChI is InChI=1S/C17H19FN2O2/c18-14-7-4-8-15(11-14)20-10-9-19(16(21)17(20)22)12-13-5-2-1-3-6-13/h4,7-11,13H,1-3,5-6,12H2. The minimum atomic E-state index is -0.635. The van der Waals surface area contributed by atoms with Gasteiger partial charge in [0.15, 0.2) is 0 Å². The molecule has 1 aromatic carbocycles. The van der Waals surface area contributed by atoms with Crippen molar-refractivity contribution >= 4 is 0 Å². The molecule has 1 aromatic heterocycles. The van der Waals surface area contributed by atoms with Crippen LogP contribution in [0.25, 0.3) is 5.69 Å². The Kier molecular flexibility index (Phi) is 4.22. The van der Waals surface area contributed by atoms with Gasteiger partial charge in [0.05, 0.1) is 5.69 Å². The van der Waals surface area contributed by atoms with Gasteiger partial charge in [-0.3, -0.25) is 14.2 Å². The zero-order valence-electron chi connectivity index (χ0n) is 12.4. The summed E-state index contributed by atoms with van der Waals surface area (Å²) in [6.45, 7) is 0.595. The maximum atomic E-state index is 13.3. The maximum Gasteiger partial charge on any atom is 0.320 e. The summed E-state index contributed by atoms with van der Waals surface area (Å²) in [5, 5.41) is 0. The largest absolute Gasteiger partial charge is 0.320 e. The van der Waals surface area contributed by atoms with Crippen molar-refractivity contribution < 1.29 is 4.39 Å². The Balaban J connectivity index is 1.91. The highest BCUT2D eigenvalue weighted by molar-refractivity contribution is 5.31. The summed E-state index contributed by atoms with van der Waals surface area (Å²) in [6, 6.07) is 5.67. The molecule has 0 aliphatic heterocycles. The van der Waals surface area contributed by atoms with Gasteiger partial charge in [0.1, 0.15) is 5.82 Å². The summed E-state index contributed by atoms with van der Waals surface area (Å²) in [7, 11) is 0. The van der Waals surface area contributed by atoms with E-state index in [1.165, 1.54) is 46.6 Å². The van der Waals surface area contributed by atoms with Gasteiger partial charge in [0, 0.05) is 18.9 Å². The monoisotopic (exact) mass is 302 g/mol. The second-order valence-electron chi connectivity index (χ2n) is 5.91. The van der Waals surface area contributed by atoms with Crippen LogP contribution in [0.15, 0.2) is 46.2 Å². The van der Waals surface area contributed by atoms with E-state index in [2.05, 4.69) is 0 Å². The fraction of sp³-hybridized carbons (Fsp3) is 0.412. The molecule has 0 unspecified atom stereocenters. The van der Waals surface area contributed by atoms with Crippen LogP contribution in [0.1, 0.15) is 32.1 Å². The molecule has 1 fully saturated rings. The molecule has 1 aliphatic rings. The van der Waals surface area contributed by atoms with Crippen molar-refractivity contribution in [2.75, 3.05) is 0 Å². The van der Waals surface area contributed by atoms with Crippen LogP contribution in [0.2, 0.25) is 0 Å². The quantitative estimate of drug-likeness (QED) is 0.818. The summed E-state index contributed by atoms with van der Waals surface area (Å²) in [4.78, 5) is 24.5. The number of hydrogen-bond acceptors (Lipinski definition) is 2. The molecule has 1 heterocycles. The highest BCUT2D eigenvalue weighted by atomic mass is 19.1. The molecular formula is C17H19FN2O2. The molecule has 22 heavy (non-hydrogen) atoms. The first-order chi connectivity index (χ1) is 10.6. The molecule has 0 amide bonds. The van der Waals surface area contributed by atoms with E-state index in [0.717, 1.165) is 12.8 Å². The number of benzene rings is 1. The third-order valence-corrected chi connectivity index (χ3v) is 4.32. The lowest BCUT2D eigenvalue weighted by atomic mass is 9.89. The lowest BCUT2D eigenvalue weighted by Crippen LogP contribution is -2.41. The average molecular weight is 302 g/mol. The summed E-state index contributed by atoms with van der Waals surface area (Å²) in [5.41, 5.74) is -0.812. The van der Waals surface area contributed by atoms with Gasteiger partial charge >= 0.3 is 11.1 Å². The minimum absolute atomic E-state index is 0.368. The van der Waals surface area contributed by atoms with Gasteiger partial charge in [-0.1, -0.05) is 25.3 Å². The number of hydrogen-bond donors (Lipinski definition) is 0. The van der Waals surface area contributed by atoms with Crippen LogP contribution in [-0.2, 0) is 6.54 Å². The van der Waals surface area contributed by atoms with Gasteiger partial charge in [0.25, 0.3) is 0 Å². The van der Waals surface area contributed by atoms with Crippen molar-refractivity contribution in [2.24, 2.45) is 5.92 Å². The van der Waals surface area contributed by atoms with Gasteiger partial charge in [-0.2, -0.15) is 0 Å². The zero-order chi connectivity index (χ0) is 15.5. The number of aromatic nitrogens is 2. The summed E-state index contributed by atoms with van der Waals surface area (Å²) >= 11 is 0. The van der Waals surface area contributed by atoms with Gasteiger partial charge in [0.2, 0.25) is 0 Å². The Hall–Kier alpha value is -2.17. The van der Waals surface area contributed by atoms with Crippen molar-refractivity contribution in [1.29, 1.82) is 0 Å². The highest BCUT2D eigenvalue weighted by Crippen LogP contribution is 2.24.